The van der Waals surface area contributed by atoms with Gasteiger partial charge in [0.1, 0.15) is 5.69 Å². The largest absolute Gasteiger partial charge is 0.433 e. The number of aromatic nitrogens is 1. The number of hydrogen-bond acceptors (Lipinski definition) is 2. The van der Waals surface area contributed by atoms with Crippen LogP contribution in [0.25, 0.3) is 0 Å². The highest BCUT2D eigenvalue weighted by atomic mass is 19.4. The summed E-state index contributed by atoms with van der Waals surface area (Å²) in [5.74, 6) is -0.0642. The van der Waals surface area contributed by atoms with Crippen molar-refractivity contribution in [1.29, 1.82) is 0 Å². The molecule has 1 rings (SSSR count). The fraction of sp³-hybridized carbons (Fsp3) is 0.538. The first kappa shape index (κ1) is 15.5. The van der Waals surface area contributed by atoms with Crippen LogP contribution in [-0.4, -0.2) is 17.4 Å². The molecular weight excluding hydrogens is 257 g/mol. The number of carbonyl (C=O) groups is 1. The van der Waals surface area contributed by atoms with Crippen LogP contribution in [-0.2, 0) is 6.18 Å². The Balaban J connectivity index is 2.82. The average Bonchev–Trinajstić information content (AvgIpc) is 2.34. The number of nitrogens with zero attached hydrogens (tertiary/aromatic N) is 1. The van der Waals surface area contributed by atoms with Gasteiger partial charge in [0.05, 0.1) is 11.3 Å². The summed E-state index contributed by atoms with van der Waals surface area (Å²) in [4.78, 5) is 15.2. The van der Waals surface area contributed by atoms with E-state index in [1.54, 1.807) is 0 Å². The van der Waals surface area contributed by atoms with Gasteiger partial charge in [0.25, 0.3) is 5.91 Å². The summed E-state index contributed by atoms with van der Waals surface area (Å²) in [6, 6.07) is 1.99. The third-order valence-corrected chi connectivity index (χ3v) is 2.93. The minimum atomic E-state index is -4.49. The Morgan fingerprint density at radius 1 is 1.42 bits per heavy atom. The second-order valence-electron chi connectivity index (χ2n) is 4.55. The first-order valence-electron chi connectivity index (χ1n) is 6.08. The van der Waals surface area contributed by atoms with Crippen LogP contribution in [0.4, 0.5) is 13.2 Å². The highest BCUT2D eigenvalue weighted by Crippen LogP contribution is 2.28. The molecule has 0 aliphatic heterocycles. The summed E-state index contributed by atoms with van der Waals surface area (Å²) < 4.78 is 37.3. The third kappa shape index (κ3) is 4.22. The Kier molecular flexibility index (Phi) is 4.91. The maximum absolute atomic E-state index is 12.4. The summed E-state index contributed by atoms with van der Waals surface area (Å²) in [7, 11) is 0. The number of carbonyl (C=O) groups excluding carboxylic acids is 1. The van der Waals surface area contributed by atoms with Crippen LogP contribution in [0.15, 0.2) is 12.1 Å². The fourth-order valence-corrected chi connectivity index (χ4v) is 1.47. The smallest absolute Gasteiger partial charge is 0.352 e. The summed E-state index contributed by atoms with van der Waals surface area (Å²) in [5, 5.41) is 2.69. The van der Waals surface area contributed by atoms with Gasteiger partial charge in [-0.15, -0.1) is 0 Å². The van der Waals surface area contributed by atoms with Gasteiger partial charge in [-0.1, -0.05) is 20.3 Å². The van der Waals surface area contributed by atoms with Gasteiger partial charge in [-0.3, -0.25) is 4.79 Å². The number of amides is 1. The molecule has 19 heavy (non-hydrogen) atoms. The molecule has 0 aromatic carbocycles. The van der Waals surface area contributed by atoms with E-state index in [2.05, 4.69) is 10.3 Å². The zero-order valence-corrected chi connectivity index (χ0v) is 11.1. The molecule has 1 aromatic rings. The van der Waals surface area contributed by atoms with Crippen molar-refractivity contribution in [3.8, 4) is 0 Å². The Hall–Kier alpha value is -1.59. The topological polar surface area (TPSA) is 42.0 Å². The molecular formula is C13H17F3N2O. The molecule has 1 heterocycles. The van der Waals surface area contributed by atoms with Crippen molar-refractivity contribution in [3.63, 3.8) is 0 Å². The van der Waals surface area contributed by atoms with Gasteiger partial charge in [-0.2, -0.15) is 13.2 Å². The molecule has 3 nitrogen and oxygen atoms in total. The van der Waals surface area contributed by atoms with Crippen molar-refractivity contribution >= 4 is 5.91 Å². The molecule has 6 heteroatoms. The van der Waals surface area contributed by atoms with E-state index in [0.717, 1.165) is 18.6 Å². The van der Waals surface area contributed by atoms with E-state index in [-0.39, 0.29) is 17.2 Å². The van der Waals surface area contributed by atoms with Crippen molar-refractivity contribution in [2.75, 3.05) is 6.54 Å². The molecule has 1 amide bonds. The third-order valence-electron chi connectivity index (χ3n) is 2.93. The predicted molar refractivity (Wildman–Crippen MR) is 65.8 cm³/mol. The summed E-state index contributed by atoms with van der Waals surface area (Å²) >= 11 is 0. The number of pyridine rings is 1. The van der Waals surface area contributed by atoms with Gasteiger partial charge < -0.3 is 5.32 Å². The molecule has 0 saturated carbocycles. The number of hydrogen-bond donors (Lipinski definition) is 1. The highest BCUT2D eigenvalue weighted by Gasteiger charge is 2.33. The van der Waals surface area contributed by atoms with Crippen molar-refractivity contribution in [3.05, 3.63) is 29.1 Å². The first-order chi connectivity index (χ1) is 8.75. The van der Waals surface area contributed by atoms with Crippen LogP contribution in [0.1, 0.15) is 42.0 Å². The second-order valence-corrected chi connectivity index (χ2v) is 4.55. The SMILES string of the molecule is CCC(C)CNC(=O)c1ccc(C(F)(F)F)nc1C. The minimum Gasteiger partial charge on any atom is -0.352 e. The number of aryl methyl sites for hydroxylation is 1. The standard InChI is InChI=1S/C13H17F3N2O/c1-4-8(2)7-17-12(19)10-5-6-11(13(14,15)16)18-9(10)3/h5-6,8H,4,7H2,1-3H3,(H,17,19). The van der Waals surface area contributed by atoms with Crippen molar-refractivity contribution in [2.24, 2.45) is 5.92 Å². The molecule has 1 N–H and O–H groups in total. The molecule has 1 aromatic heterocycles. The second kappa shape index (κ2) is 6.04. The minimum absolute atomic E-state index is 0.0801. The summed E-state index contributed by atoms with van der Waals surface area (Å²) in [6.45, 7) is 5.88. The molecule has 0 aliphatic rings. The number of halogens is 3. The Labute approximate surface area is 110 Å². The maximum Gasteiger partial charge on any atom is 0.433 e. The van der Waals surface area contributed by atoms with Crippen LogP contribution >= 0.6 is 0 Å². The molecule has 1 unspecified atom stereocenters. The van der Waals surface area contributed by atoms with Crippen LogP contribution in [0.2, 0.25) is 0 Å². The zero-order chi connectivity index (χ0) is 14.6. The normalized spacial score (nSPS) is 13.2. The van der Waals surface area contributed by atoms with Gasteiger partial charge in [0.2, 0.25) is 0 Å². The van der Waals surface area contributed by atoms with Crippen LogP contribution in [0, 0.1) is 12.8 Å². The van der Waals surface area contributed by atoms with Crippen LogP contribution < -0.4 is 5.32 Å². The lowest BCUT2D eigenvalue weighted by Crippen LogP contribution is -2.29. The molecule has 0 spiro atoms. The van der Waals surface area contributed by atoms with Crippen molar-refractivity contribution in [1.82, 2.24) is 10.3 Å². The zero-order valence-electron chi connectivity index (χ0n) is 11.1. The van der Waals surface area contributed by atoms with Gasteiger partial charge in [-0.25, -0.2) is 4.98 Å². The average molecular weight is 274 g/mol. The molecule has 0 radical (unpaired) electrons. The van der Waals surface area contributed by atoms with Gasteiger partial charge in [-0.05, 0) is 25.0 Å². The number of rotatable bonds is 4. The van der Waals surface area contributed by atoms with Crippen molar-refractivity contribution in [2.45, 2.75) is 33.4 Å². The molecule has 1 atom stereocenters. The molecule has 0 saturated heterocycles. The predicted octanol–water partition coefficient (Wildman–Crippen LogP) is 3.18. The van der Waals surface area contributed by atoms with E-state index in [1.807, 2.05) is 13.8 Å². The lowest BCUT2D eigenvalue weighted by atomic mass is 10.1. The molecule has 0 aliphatic carbocycles. The Bertz CT molecular complexity index is 458. The lowest BCUT2D eigenvalue weighted by Gasteiger charge is -2.12. The van der Waals surface area contributed by atoms with E-state index >= 15 is 0 Å². The summed E-state index contributed by atoms with van der Waals surface area (Å²) in [6.07, 6.45) is -3.57. The maximum atomic E-state index is 12.4. The van der Waals surface area contributed by atoms with Crippen LogP contribution in [0.5, 0.6) is 0 Å². The monoisotopic (exact) mass is 274 g/mol. The van der Waals surface area contributed by atoms with E-state index in [4.69, 9.17) is 0 Å². The Morgan fingerprint density at radius 3 is 2.53 bits per heavy atom. The van der Waals surface area contributed by atoms with Gasteiger partial charge >= 0.3 is 6.18 Å². The van der Waals surface area contributed by atoms with E-state index in [0.29, 0.717) is 12.5 Å². The van der Waals surface area contributed by atoms with Crippen molar-refractivity contribution < 1.29 is 18.0 Å². The quantitative estimate of drug-likeness (QED) is 0.916. The molecule has 106 valence electrons. The highest BCUT2D eigenvalue weighted by molar-refractivity contribution is 5.95. The number of nitrogens with one attached hydrogen (secondary N) is 1. The van der Waals surface area contributed by atoms with Gasteiger partial charge in [0, 0.05) is 6.54 Å². The lowest BCUT2D eigenvalue weighted by molar-refractivity contribution is -0.141. The fourth-order valence-electron chi connectivity index (χ4n) is 1.47. The Morgan fingerprint density at radius 2 is 2.05 bits per heavy atom. The van der Waals surface area contributed by atoms with E-state index < -0.39 is 11.9 Å². The van der Waals surface area contributed by atoms with E-state index in [9.17, 15) is 18.0 Å². The number of alkyl halides is 3. The first-order valence-corrected chi connectivity index (χ1v) is 6.08. The molecule has 0 fully saturated rings. The summed E-state index contributed by atoms with van der Waals surface area (Å²) in [5.41, 5.74) is -0.726. The van der Waals surface area contributed by atoms with Gasteiger partial charge in [0.15, 0.2) is 0 Å². The van der Waals surface area contributed by atoms with E-state index in [1.165, 1.54) is 6.92 Å². The van der Waals surface area contributed by atoms with Crippen LogP contribution in [0.3, 0.4) is 0 Å². The molecule has 0 bridgehead atoms.